The van der Waals surface area contributed by atoms with Crippen LogP contribution in [0.2, 0.25) is 0 Å². The number of aromatic nitrogens is 2. The van der Waals surface area contributed by atoms with Crippen molar-refractivity contribution >= 4 is 44.5 Å². The molecule has 0 spiro atoms. The summed E-state index contributed by atoms with van der Waals surface area (Å²) in [6.45, 7) is 2.99. The molecule has 36 heavy (non-hydrogen) atoms. The van der Waals surface area contributed by atoms with E-state index in [-0.39, 0.29) is 42.3 Å². The number of rotatable bonds is 9. The molecule has 0 atom stereocenters. The predicted octanol–water partition coefficient (Wildman–Crippen LogP) is 4.91. The van der Waals surface area contributed by atoms with E-state index in [4.69, 9.17) is 10.5 Å². The lowest BCUT2D eigenvalue weighted by atomic mass is 10.2. The van der Waals surface area contributed by atoms with Crippen LogP contribution in [0.3, 0.4) is 0 Å². The lowest BCUT2D eigenvalue weighted by Crippen LogP contribution is -2.25. The summed E-state index contributed by atoms with van der Waals surface area (Å²) >= 11 is 4.03. The van der Waals surface area contributed by atoms with Gasteiger partial charge in [-0.1, -0.05) is 30.0 Å². The molecule has 0 unspecified atom stereocenters. The van der Waals surface area contributed by atoms with Crippen LogP contribution in [0.4, 0.5) is 10.2 Å². The number of aliphatic hydroxyl groups excluding tert-OH is 1. The maximum atomic E-state index is 14.8. The van der Waals surface area contributed by atoms with Gasteiger partial charge in [-0.15, -0.1) is 0 Å². The van der Waals surface area contributed by atoms with Crippen molar-refractivity contribution in [2.24, 2.45) is 0 Å². The van der Waals surface area contributed by atoms with Gasteiger partial charge < -0.3 is 20.9 Å². The Bertz CT molecular complexity index is 1320. The van der Waals surface area contributed by atoms with E-state index in [1.807, 2.05) is 0 Å². The third-order valence-electron chi connectivity index (χ3n) is 5.01. The summed E-state index contributed by atoms with van der Waals surface area (Å²) in [5.41, 5.74) is 6.34. The number of anilines is 1. The number of aryl methyl sites for hydroxylation is 1. The van der Waals surface area contributed by atoms with E-state index < -0.39 is 16.8 Å². The lowest BCUT2D eigenvalue weighted by Gasteiger charge is -2.14. The minimum Gasteiger partial charge on any atom is -0.455 e. The van der Waals surface area contributed by atoms with Crippen molar-refractivity contribution in [2.45, 2.75) is 26.8 Å². The molecule has 2 aromatic carbocycles. The van der Waals surface area contributed by atoms with Gasteiger partial charge in [0, 0.05) is 41.8 Å². The number of ether oxygens (including phenoxy) is 1. The molecule has 0 fully saturated rings. The van der Waals surface area contributed by atoms with Crippen LogP contribution in [0.25, 0.3) is 0 Å². The van der Waals surface area contributed by atoms with Crippen molar-refractivity contribution in [1.29, 1.82) is 0 Å². The van der Waals surface area contributed by atoms with Crippen LogP contribution in [0.15, 0.2) is 63.6 Å². The van der Waals surface area contributed by atoms with Gasteiger partial charge in [0.1, 0.15) is 34.5 Å². The minimum absolute atomic E-state index is 0.0275. The molecule has 0 radical (unpaired) electrons. The standard InChI is InChI=1S/C25H24BrFN4O4S/c1-14(24(33)30-13-16-12-29-15(2)31-23(16)28)21(10-11-32)36-25(34)22-18(27)7-5-9-20(22)35-19-8-4-3-6-17(19)26/h3-9,12,32H,10-11,13H2,1-2H3,(H,30,33)(H2,28,29,31)/b21-14-. The van der Waals surface area contributed by atoms with E-state index in [0.717, 1.165) is 6.07 Å². The molecule has 0 aliphatic rings. The highest BCUT2D eigenvalue weighted by Gasteiger charge is 2.23. The molecule has 3 aromatic rings. The smallest absolute Gasteiger partial charge is 0.247 e. The summed E-state index contributed by atoms with van der Waals surface area (Å²) in [6, 6.07) is 11.1. The maximum absolute atomic E-state index is 14.8. The Morgan fingerprint density at radius 2 is 1.92 bits per heavy atom. The number of nitrogens with zero attached hydrogens (tertiary/aromatic N) is 2. The first kappa shape index (κ1) is 27.3. The van der Waals surface area contributed by atoms with Crippen molar-refractivity contribution in [3.8, 4) is 11.5 Å². The number of hydrogen-bond acceptors (Lipinski definition) is 8. The largest absolute Gasteiger partial charge is 0.455 e. The van der Waals surface area contributed by atoms with Gasteiger partial charge in [-0.25, -0.2) is 14.4 Å². The van der Waals surface area contributed by atoms with E-state index in [1.54, 1.807) is 31.2 Å². The number of halogens is 2. The first-order valence-electron chi connectivity index (χ1n) is 10.8. The van der Waals surface area contributed by atoms with Gasteiger partial charge in [0.2, 0.25) is 11.0 Å². The zero-order chi connectivity index (χ0) is 26.2. The monoisotopic (exact) mass is 574 g/mol. The van der Waals surface area contributed by atoms with Gasteiger partial charge in [-0.05, 0) is 54.0 Å². The van der Waals surface area contributed by atoms with E-state index in [1.165, 1.54) is 25.3 Å². The van der Waals surface area contributed by atoms with Crippen molar-refractivity contribution in [3.63, 3.8) is 0 Å². The fraction of sp³-hybridized carbons (Fsp3) is 0.200. The number of nitrogens with one attached hydrogen (secondary N) is 1. The fourth-order valence-electron chi connectivity index (χ4n) is 3.10. The van der Waals surface area contributed by atoms with Crippen molar-refractivity contribution in [1.82, 2.24) is 15.3 Å². The molecule has 3 rings (SSSR count). The minimum atomic E-state index is -0.766. The van der Waals surface area contributed by atoms with Gasteiger partial charge in [0.05, 0.1) is 4.47 Å². The second-order valence-electron chi connectivity index (χ2n) is 7.57. The fourth-order valence-corrected chi connectivity index (χ4v) is 4.43. The summed E-state index contributed by atoms with van der Waals surface area (Å²) in [5, 5.41) is 11.6. The molecule has 11 heteroatoms. The van der Waals surface area contributed by atoms with Crippen LogP contribution in [0.1, 0.15) is 35.1 Å². The number of nitrogen functional groups attached to an aromatic ring is 1. The molecule has 4 N–H and O–H groups in total. The summed E-state index contributed by atoms with van der Waals surface area (Å²) in [5.74, 6) is -0.0474. The SMILES string of the molecule is C/C(C(=O)NCc1cnc(C)nc1N)=C(\CCO)SC(=O)c1c(F)cccc1Oc1ccccc1Br. The van der Waals surface area contributed by atoms with Gasteiger partial charge in [0.15, 0.2) is 0 Å². The molecule has 1 amide bonds. The topological polar surface area (TPSA) is 127 Å². The van der Waals surface area contributed by atoms with E-state index in [2.05, 4.69) is 31.2 Å². The summed E-state index contributed by atoms with van der Waals surface area (Å²) in [4.78, 5) is 34.4. The first-order valence-corrected chi connectivity index (χ1v) is 12.4. The molecular weight excluding hydrogens is 551 g/mol. The summed E-state index contributed by atoms with van der Waals surface area (Å²) in [6.07, 6.45) is 1.55. The highest BCUT2D eigenvalue weighted by atomic mass is 79.9. The molecule has 8 nitrogen and oxygen atoms in total. The molecular formula is C25H24BrFN4O4S. The van der Waals surface area contributed by atoms with Crippen LogP contribution in [0.5, 0.6) is 11.5 Å². The lowest BCUT2D eigenvalue weighted by molar-refractivity contribution is -0.117. The Morgan fingerprint density at radius 3 is 2.61 bits per heavy atom. The molecule has 0 aliphatic heterocycles. The van der Waals surface area contributed by atoms with Crippen LogP contribution in [-0.2, 0) is 11.3 Å². The van der Waals surface area contributed by atoms with E-state index >= 15 is 0 Å². The number of hydrogen-bond donors (Lipinski definition) is 3. The number of nitrogens with two attached hydrogens (primary N) is 1. The number of carbonyl (C=O) groups is 2. The van der Waals surface area contributed by atoms with Crippen molar-refractivity contribution in [3.05, 3.63) is 86.4 Å². The first-order chi connectivity index (χ1) is 17.2. The zero-order valence-electron chi connectivity index (χ0n) is 19.5. The molecule has 188 valence electrons. The Hall–Kier alpha value is -3.28. The average Bonchev–Trinajstić information content (AvgIpc) is 2.84. The molecule has 1 aromatic heterocycles. The zero-order valence-corrected chi connectivity index (χ0v) is 22.0. The van der Waals surface area contributed by atoms with Gasteiger partial charge in [-0.2, -0.15) is 0 Å². The van der Waals surface area contributed by atoms with Crippen LogP contribution in [-0.4, -0.2) is 32.7 Å². The molecule has 0 saturated heterocycles. The van der Waals surface area contributed by atoms with Crippen LogP contribution >= 0.6 is 27.7 Å². The Balaban J connectivity index is 1.82. The van der Waals surface area contributed by atoms with Gasteiger partial charge in [-0.3, -0.25) is 9.59 Å². The third kappa shape index (κ3) is 6.90. The average molecular weight is 575 g/mol. The number of para-hydroxylation sites is 1. The highest BCUT2D eigenvalue weighted by Crippen LogP contribution is 2.36. The third-order valence-corrected chi connectivity index (χ3v) is 6.81. The molecule has 0 saturated carbocycles. The predicted molar refractivity (Wildman–Crippen MR) is 140 cm³/mol. The highest BCUT2D eigenvalue weighted by molar-refractivity contribution is 9.10. The number of amides is 1. The molecule has 0 aliphatic carbocycles. The number of benzene rings is 2. The quantitative estimate of drug-likeness (QED) is 0.308. The Kier molecular flexibility index (Phi) is 9.57. The summed E-state index contributed by atoms with van der Waals surface area (Å²) in [7, 11) is 0. The van der Waals surface area contributed by atoms with Crippen molar-refractivity contribution < 1.29 is 23.8 Å². The number of thioether (sulfide) groups is 1. The van der Waals surface area contributed by atoms with E-state index in [9.17, 15) is 19.1 Å². The second kappa shape index (κ2) is 12.6. The normalized spacial score (nSPS) is 11.6. The Morgan fingerprint density at radius 1 is 1.19 bits per heavy atom. The van der Waals surface area contributed by atoms with Crippen LogP contribution in [0, 0.1) is 12.7 Å². The Labute approximate surface area is 220 Å². The molecule has 0 bridgehead atoms. The number of aliphatic hydroxyl groups is 1. The van der Waals surface area contributed by atoms with Crippen molar-refractivity contribution in [2.75, 3.05) is 12.3 Å². The number of carbonyl (C=O) groups excluding carboxylic acids is 2. The van der Waals surface area contributed by atoms with Gasteiger partial charge >= 0.3 is 0 Å². The second-order valence-corrected chi connectivity index (χ2v) is 9.49. The van der Waals surface area contributed by atoms with Crippen LogP contribution < -0.4 is 15.8 Å². The van der Waals surface area contributed by atoms with Gasteiger partial charge in [0.25, 0.3) is 0 Å². The maximum Gasteiger partial charge on any atom is 0.247 e. The van der Waals surface area contributed by atoms with E-state index in [0.29, 0.717) is 38.3 Å². The molecule has 1 heterocycles. The summed E-state index contributed by atoms with van der Waals surface area (Å²) < 4.78 is 21.2.